The van der Waals surface area contributed by atoms with Crippen molar-refractivity contribution in [3.05, 3.63) is 77.2 Å². The van der Waals surface area contributed by atoms with E-state index in [0.717, 1.165) is 32.4 Å². The molecular weight excluding hydrogens is 370 g/mol. The first-order valence-electron chi connectivity index (χ1n) is 8.85. The van der Waals surface area contributed by atoms with Gasteiger partial charge in [0.2, 0.25) is 0 Å². The van der Waals surface area contributed by atoms with Gasteiger partial charge in [-0.05, 0) is 45.0 Å². The van der Waals surface area contributed by atoms with Crippen molar-refractivity contribution in [3.63, 3.8) is 0 Å². The van der Waals surface area contributed by atoms with Gasteiger partial charge >= 0.3 is 0 Å². The van der Waals surface area contributed by atoms with Gasteiger partial charge in [-0.15, -0.1) is 0 Å². The summed E-state index contributed by atoms with van der Waals surface area (Å²) >= 11 is 1.54. The highest BCUT2D eigenvalue weighted by Crippen LogP contribution is 2.35. The molecule has 0 atom stereocenters. The molecule has 6 nitrogen and oxygen atoms in total. The van der Waals surface area contributed by atoms with Gasteiger partial charge in [0.05, 0.1) is 5.69 Å². The van der Waals surface area contributed by atoms with Gasteiger partial charge in [-0.2, -0.15) is 14.6 Å². The number of aromatic nitrogens is 4. The molecule has 1 N–H and O–H groups in total. The highest BCUT2D eigenvalue weighted by molar-refractivity contribution is 7.99. The maximum Gasteiger partial charge on any atom is 0.255 e. The Hall–Kier alpha value is -3.19. The fourth-order valence-electron chi connectivity index (χ4n) is 2.87. The van der Waals surface area contributed by atoms with Gasteiger partial charge in [-0.1, -0.05) is 41.6 Å². The zero-order chi connectivity index (χ0) is 19.7. The summed E-state index contributed by atoms with van der Waals surface area (Å²) in [7, 11) is 0. The van der Waals surface area contributed by atoms with E-state index in [1.165, 1.54) is 18.1 Å². The average Bonchev–Trinajstić information content (AvgIpc) is 3.14. The maximum atomic E-state index is 12.7. The van der Waals surface area contributed by atoms with E-state index in [4.69, 9.17) is 0 Å². The molecule has 0 radical (unpaired) electrons. The fraction of sp³-hybridized carbons (Fsp3) is 0.143. The first kappa shape index (κ1) is 18.2. The normalized spacial score (nSPS) is 11.0. The lowest BCUT2D eigenvalue weighted by atomic mass is 10.1. The van der Waals surface area contributed by atoms with E-state index in [2.05, 4.69) is 20.4 Å². The van der Waals surface area contributed by atoms with Crippen molar-refractivity contribution in [1.29, 1.82) is 0 Å². The number of hydrogen-bond donors (Lipinski definition) is 1. The van der Waals surface area contributed by atoms with Crippen molar-refractivity contribution in [3.8, 4) is 0 Å². The lowest BCUT2D eigenvalue weighted by Gasteiger charge is -2.13. The van der Waals surface area contributed by atoms with Crippen molar-refractivity contribution in [1.82, 2.24) is 19.6 Å². The molecule has 2 aromatic heterocycles. The number of benzene rings is 2. The van der Waals surface area contributed by atoms with E-state index in [-0.39, 0.29) is 5.91 Å². The first-order chi connectivity index (χ1) is 13.5. The van der Waals surface area contributed by atoms with Gasteiger partial charge in [0.25, 0.3) is 11.7 Å². The third-order valence-electron chi connectivity index (χ3n) is 4.48. The minimum atomic E-state index is -0.134. The Morgan fingerprint density at radius 3 is 2.71 bits per heavy atom. The van der Waals surface area contributed by atoms with Crippen LogP contribution in [0.25, 0.3) is 5.78 Å². The van der Waals surface area contributed by atoms with Gasteiger partial charge in [-0.3, -0.25) is 4.79 Å². The summed E-state index contributed by atoms with van der Waals surface area (Å²) < 4.78 is 1.73. The van der Waals surface area contributed by atoms with Gasteiger partial charge in [-0.25, -0.2) is 4.98 Å². The summed E-state index contributed by atoms with van der Waals surface area (Å²) in [6.45, 7) is 5.94. The van der Waals surface area contributed by atoms with Gasteiger partial charge in [0.1, 0.15) is 11.4 Å². The van der Waals surface area contributed by atoms with E-state index >= 15 is 0 Å². The summed E-state index contributed by atoms with van der Waals surface area (Å²) in [5.41, 5.74) is 4.37. The number of hydrogen-bond acceptors (Lipinski definition) is 5. The van der Waals surface area contributed by atoms with Crippen LogP contribution < -0.4 is 5.32 Å². The highest BCUT2D eigenvalue weighted by Gasteiger charge is 2.15. The molecule has 2 aromatic carbocycles. The van der Waals surface area contributed by atoms with Crippen LogP contribution in [-0.2, 0) is 0 Å². The topological polar surface area (TPSA) is 72.2 Å². The lowest BCUT2D eigenvalue weighted by Crippen LogP contribution is -2.12. The van der Waals surface area contributed by atoms with Crippen LogP contribution in [0.4, 0.5) is 5.69 Å². The number of carbonyl (C=O) groups excluding carboxylic acids is 1. The number of fused-ring (bicyclic) bond motifs is 1. The van der Waals surface area contributed by atoms with Gasteiger partial charge in [0.15, 0.2) is 0 Å². The van der Waals surface area contributed by atoms with Crippen molar-refractivity contribution in [2.24, 2.45) is 0 Å². The summed E-state index contributed by atoms with van der Waals surface area (Å²) in [6, 6.07) is 15.3. The molecule has 0 fully saturated rings. The second-order valence-corrected chi connectivity index (χ2v) is 7.55. The zero-order valence-electron chi connectivity index (χ0n) is 15.8. The fourth-order valence-corrected chi connectivity index (χ4v) is 3.97. The average molecular weight is 389 g/mol. The third-order valence-corrected chi connectivity index (χ3v) is 5.72. The van der Waals surface area contributed by atoms with Crippen molar-refractivity contribution >= 4 is 29.1 Å². The second-order valence-electron chi connectivity index (χ2n) is 6.52. The van der Waals surface area contributed by atoms with Crippen LogP contribution in [0.3, 0.4) is 0 Å². The largest absolute Gasteiger partial charge is 0.321 e. The van der Waals surface area contributed by atoms with E-state index in [9.17, 15) is 4.79 Å². The van der Waals surface area contributed by atoms with Crippen LogP contribution in [0.2, 0.25) is 0 Å². The molecule has 0 spiro atoms. The van der Waals surface area contributed by atoms with Crippen LogP contribution in [0.5, 0.6) is 0 Å². The van der Waals surface area contributed by atoms with E-state index < -0.39 is 0 Å². The number of nitrogens with zero attached hydrogens (tertiary/aromatic N) is 4. The number of rotatable bonds is 4. The summed E-state index contributed by atoms with van der Waals surface area (Å²) in [6.07, 6.45) is 1.50. The van der Waals surface area contributed by atoms with E-state index in [1.807, 2.05) is 69.3 Å². The molecule has 0 unspecified atom stereocenters. The predicted octanol–water partition coefficient (Wildman–Crippen LogP) is 4.45. The molecule has 0 aliphatic heterocycles. The molecular formula is C21H19N5OS. The Bertz CT molecular complexity index is 1180. The number of anilines is 1. The Labute approximate surface area is 167 Å². The molecule has 140 valence electrons. The standard InChI is InChI=1S/C21H19N5OS/c1-13-7-6-8-16(11-13)19(27)25-17-9-4-5-10-18(17)28-20-14(2)15(3)24-21-22-12-23-26(20)21/h4-12H,1-3H3,(H,25,27). The van der Waals surface area contributed by atoms with Crippen molar-refractivity contribution in [2.75, 3.05) is 5.32 Å². The molecule has 0 bridgehead atoms. The minimum absolute atomic E-state index is 0.134. The molecule has 0 aliphatic rings. The molecule has 4 aromatic rings. The molecule has 0 saturated carbocycles. The molecule has 28 heavy (non-hydrogen) atoms. The van der Waals surface area contributed by atoms with Crippen molar-refractivity contribution in [2.45, 2.75) is 30.7 Å². The van der Waals surface area contributed by atoms with Gasteiger partial charge < -0.3 is 5.32 Å². The smallest absolute Gasteiger partial charge is 0.255 e. The Kier molecular flexibility index (Phi) is 4.83. The summed E-state index contributed by atoms with van der Waals surface area (Å²) in [5, 5.41) is 8.26. The summed E-state index contributed by atoms with van der Waals surface area (Å²) in [5.74, 6) is 0.428. The third kappa shape index (κ3) is 3.48. The molecule has 1 amide bonds. The van der Waals surface area contributed by atoms with Crippen LogP contribution in [-0.4, -0.2) is 25.5 Å². The predicted molar refractivity (Wildman–Crippen MR) is 110 cm³/mol. The lowest BCUT2D eigenvalue weighted by molar-refractivity contribution is 0.102. The summed E-state index contributed by atoms with van der Waals surface area (Å²) in [4.78, 5) is 22.3. The molecule has 4 rings (SSSR count). The first-order valence-corrected chi connectivity index (χ1v) is 9.66. The second kappa shape index (κ2) is 7.44. The van der Waals surface area contributed by atoms with Crippen LogP contribution in [0.15, 0.2) is 64.8 Å². The molecule has 0 aliphatic carbocycles. The van der Waals surface area contributed by atoms with Crippen LogP contribution in [0.1, 0.15) is 27.2 Å². The Balaban J connectivity index is 1.69. The number of para-hydroxylation sites is 1. The Morgan fingerprint density at radius 1 is 1.07 bits per heavy atom. The van der Waals surface area contributed by atoms with Crippen LogP contribution in [0, 0.1) is 20.8 Å². The van der Waals surface area contributed by atoms with E-state index in [0.29, 0.717) is 11.3 Å². The molecule has 7 heteroatoms. The molecule has 2 heterocycles. The van der Waals surface area contributed by atoms with Gasteiger partial charge in [0, 0.05) is 21.7 Å². The highest BCUT2D eigenvalue weighted by atomic mass is 32.2. The SMILES string of the molecule is Cc1cccc(C(=O)Nc2ccccc2Sc2c(C)c(C)nc3ncnn23)c1. The minimum Gasteiger partial charge on any atom is -0.321 e. The number of carbonyl (C=O) groups is 1. The van der Waals surface area contributed by atoms with Crippen LogP contribution >= 0.6 is 11.8 Å². The Morgan fingerprint density at radius 2 is 1.89 bits per heavy atom. The molecule has 0 saturated heterocycles. The zero-order valence-corrected chi connectivity index (χ0v) is 16.6. The number of aryl methyl sites for hydroxylation is 2. The quantitative estimate of drug-likeness (QED) is 0.522. The number of nitrogens with one attached hydrogen (secondary N) is 1. The monoisotopic (exact) mass is 389 g/mol. The number of amides is 1. The maximum absolute atomic E-state index is 12.7. The van der Waals surface area contributed by atoms with Crippen molar-refractivity contribution < 1.29 is 4.79 Å². The van der Waals surface area contributed by atoms with E-state index in [1.54, 1.807) is 4.52 Å².